The summed E-state index contributed by atoms with van der Waals surface area (Å²) in [4.78, 5) is 4.87. The van der Waals surface area contributed by atoms with Gasteiger partial charge in [-0.25, -0.2) is 4.68 Å². The Morgan fingerprint density at radius 3 is 2.50 bits per heavy atom. The Kier molecular flexibility index (Phi) is 7.18. The van der Waals surface area contributed by atoms with Gasteiger partial charge in [-0.05, 0) is 29.1 Å². The van der Waals surface area contributed by atoms with E-state index in [1.54, 1.807) is 21.3 Å². The Hall–Kier alpha value is -2.23. The van der Waals surface area contributed by atoms with Crippen molar-refractivity contribution in [2.45, 2.75) is 19.5 Å². The van der Waals surface area contributed by atoms with Crippen molar-refractivity contribution in [2.75, 3.05) is 60.7 Å². The van der Waals surface area contributed by atoms with Crippen LogP contribution < -0.4 is 9.47 Å². The maximum absolute atomic E-state index is 5.70. The first kappa shape index (κ1) is 20.5. The highest BCUT2D eigenvalue weighted by Crippen LogP contribution is 2.36. The number of likely N-dealkylation sites (N-methyl/N-ethyl adjacent to an activating group) is 1. The van der Waals surface area contributed by atoms with Crippen molar-refractivity contribution in [3.63, 3.8) is 0 Å². The molecule has 9 nitrogen and oxygen atoms in total. The quantitative estimate of drug-likeness (QED) is 0.629. The number of piperazine rings is 1. The number of hydrogen-bond donors (Lipinski definition) is 0. The topological polar surface area (TPSA) is 77.8 Å². The lowest BCUT2D eigenvalue weighted by molar-refractivity contribution is 0.106. The first-order valence-electron chi connectivity index (χ1n) is 9.65. The number of tetrazole rings is 1. The molecule has 0 N–H and O–H groups in total. The lowest BCUT2D eigenvalue weighted by atomic mass is 10.0. The van der Waals surface area contributed by atoms with Crippen LogP contribution in [0.3, 0.4) is 0 Å². The predicted molar refractivity (Wildman–Crippen MR) is 105 cm³/mol. The lowest BCUT2D eigenvalue weighted by Crippen LogP contribution is -2.48. The molecule has 28 heavy (non-hydrogen) atoms. The second kappa shape index (κ2) is 9.81. The monoisotopic (exact) mass is 390 g/mol. The molecule has 2 aromatic rings. The molecule has 0 aliphatic carbocycles. The summed E-state index contributed by atoms with van der Waals surface area (Å²) in [5.41, 5.74) is 1.03. The number of ether oxygens (including phenoxy) is 3. The van der Waals surface area contributed by atoms with Gasteiger partial charge >= 0.3 is 0 Å². The highest BCUT2D eigenvalue weighted by atomic mass is 16.5. The zero-order valence-electron chi connectivity index (χ0n) is 17.2. The van der Waals surface area contributed by atoms with Crippen molar-refractivity contribution in [3.8, 4) is 11.5 Å². The maximum Gasteiger partial charge on any atom is 0.173 e. The minimum absolute atomic E-state index is 0.105. The smallest absolute Gasteiger partial charge is 0.173 e. The van der Waals surface area contributed by atoms with E-state index >= 15 is 0 Å². The van der Waals surface area contributed by atoms with Crippen molar-refractivity contribution >= 4 is 0 Å². The van der Waals surface area contributed by atoms with Gasteiger partial charge in [-0.1, -0.05) is 6.92 Å². The molecule has 2 heterocycles. The molecule has 154 valence electrons. The molecule has 3 rings (SSSR count). The van der Waals surface area contributed by atoms with E-state index in [0.717, 1.165) is 55.6 Å². The minimum Gasteiger partial charge on any atom is -0.497 e. The highest BCUT2D eigenvalue weighted by Gasteiger charge is 2.32. The number of rotatable bonds is 9. The molecule has 0 spiro atoms. The summed E-state index contributed by atoms with van der Waals surface area (Å²) in [6.07, 6.45) is 0. The third-order valence-electron chi connectivity index (χ3n) is 5.27. The maximum atomic E-state index is 5.70. The van der Waals surface area contributed by atoms with Crippen LogP contribution in [0.1, 0.15) is 24.4 Å². The van der Waals surface area contributed by atoms with Crippen LogP contribution in [0.25, 0.3) is 0 Å². The predicted octanol–water partition coefficient (Wildman–Crippen LogP) is 1.06. The van der Waals surface area contributed by atoms with Crippen molar-refractivity contribution in [3.05, 3.63) is 29.6 Å². The molecule has 1 aliphatic rings. The van der Waals surface area contributed by atoms with E-state index in [-0.39, 0.29) is 6.04 Å². The Morgan fingerprint density at radius 2 is 1.86 bits per heavy atom. The van der Waals surface area contributed by atoms with Gasteiger partial charge in [0.25, 0.3) is 0 Å². The van der Waals surface area contributed by atoms with Crippen LogP contribution in [0.5, 0.6) is 11.5 Å². The molecule has 1 aromatic heterocycles. The molecule has 1 saturated heterocycles. The van der Waals surface area contributed by atoms with Crippen LogP contribution in [0.4, 0.5) is 0 Å². The van der Waals surface area contributed by atoms with Crippen LogP contribution in [-0.4, -0.2) is 90.7 Å². The third-order valence-corrected chi connectivity index (χ3v) is 5.27. The van der Waals surface area contributed by atoms with Gasteiger partial charge in [-0.2, -0.15) is 0 Å². The summed E-state index contributed by atoms with van der Waals surface area (Å²) in [5.74, 6) is 2.32. The number of nitrogens with zero attached hydrogens (tertiary/aromatic N) is 6. The number of methoxy groups -OCH3 is 3. The summed E-state index contributed by atoms with van der Waals surface area (Å²) >= 11 is 0. The van der Waals surface area contributed by atoms with Crippen LogP contribution in [-0.2, 0) is 11.3 Å². The molecule has 1 fully saturated rings. The summed E-state index contributed by atoms with van der Waals surface area (Å²) in [6, 6.07) is 5.81. The van der Waals surface area contributed by atoms with E-state index in [1.807, 2.05) is 22.9 Å². The van der Waals surface area contributed by atoms with E-state index in [2.05, 4.69) is 32.2 Å². The third kappa shape index (κ3) is 4.43. The largest absolute Gasteiger partial charge is 0.497 e. The van der Waals surface area contributed by atoms with E-state index in [9.17, 15) is 0 Å². The average molecular weight is 390 g/mol. The molecule has 1 aliphatic heterocycles. The normalized spacial score (nSPS) is 16.9. The van der Waals surface area contributed by atoms with Crippen LogP contribution in [0, 0.1) is 0 Å². The highest BCUT2D eigenvalue weighted by molar-refractivity contribution is 5.44. The molecule has 0 amide bonds. The molecule has 0 saturated carbocycles. The van der Waals surface area contributed by atoms with Gasteiger partial charge in [0, 0.05) is 44.9 Å². The van der Waals surface area contributed by atoms with Crippen molar-refractivity contribution in [1.82, 2.24) is 30.0 Å². The van der Waals surface area contributed by atoms with Crippen LogP contribution in [0.15, 0.2) is 18.2 Å². The first-order valence-corrected chi connectivity index (χ1v) is 9.65. The summed E-state index contributed by atoms with van der Waals surface area (Å²) in [5, 5.41) is 12.5. The van der Waals surface area contributed by atoms with Gasteiger partial charge in [0.15, 0.2) is 5.82 Å². The number of benzene rings is 1. The molecule has 0 radical (unpaired) electrons. The van der Waals surface area contributed by atoms with Gasteiger partial charge in [0.2, 0.25) is 0 Å². The zero-order chi connectivity index (χ0) is 19.9. The summed E-state index contributed by atoms with van der Waals surface area (Å²) in [7, 11) is 5.01. The molecule has 1 aromatic carbocycles. The van der Waals surface area contributed by atoms with E-state index in [4.69, 9.17) is 14.2 Å². The zero-order valence-corrected chi connectivity index (χ0v) is 17.2. The van der Waals surface area contributed by atoms with Gasteiger partial charge in [0.05, 0.1) is 27.4 Å². The lowest BCUT2D eigenvalue weighted by Gasteiger charge is -2.38. The molecule has 9 heteroatoms. The fourth-order valence-corrected chi connectivity index (χ4v) is 3.63. The van der Waals surface area contributed by atoms with Gasteiger partial charge in [-0.15, -0.1) is 5.10 Å². The fourth-order valence-electron chi connectivity index (χ4n) is 3.63. The van der Waals surface area contributed by atoms with Crippen LogP contribution >= 0.6 is 0 Å². The van der Waals surface area contributed by atoms with Crippen molar-refractivity contribution < 1.29 is 14.2 Å². The SMILES string of the molecule is CCN1CCN([C@H](c2ccc(OC)cc2OC)c2nnnn2CCOC)CC1. The Balaban J connectivity index is 1.99. The van der Waals surface area contributed by atoms with Crippen molar-refractivity contribution in [1.29, 1.82) is 0 Å². The molecular weight excluding hydrogens is 360 g/mol. The number of aromatic nitrogens is 4. The van der Waals surface area contributed by atoms with Gasteiger partial charge < -0.3 is 19.1 Å². The molecule has 0 bridgehead atoms. The Labute approximate surface area is 166 Å². The molecule has 0 unspecified atom stereocenters. The first-order chi connectivity index (χ1) is 13.7. The van der Waals surface area contributed by atoms with Crippen LogP contribution in [0.2, 0.25) is 0 Å². The van der Waals surface area contributed by atoms with E-state index < -0.39 is 0 Å². The standard InChI is InChI=1S/C19H30N6O3/c1-5-23-8-10-24(11-9-23)18(19-20-21-22-25(19)12-13-26-2)16-7-6-15(27-3)14-17(16)28-4/h6-7,14,18H,5,8-13H2,1-4H3/t18-/m1/s1. The van der Waals surface area contributed by atoms with E-state index in [0.29, 0.717) is 13.2 Å². The molecular formula is C19H30N6O3. The second-order valence-electron chi connectivity index (χ2n) is 6.73. The number of hydrogen-bond acceptors (Lipinski definition) is 8. The summed E-state index contributed by atoms with van der Waals surface area (Å²) in [6.45, 7) is 8.32. The minimum atomic E-state index is -0.105. The van der Waals surface area contributed by atoms with Crippen molar-refractivity contribution in [2.24, 2.45) is 0 Å². The van der Waals surface area contributed by atoms with Gasteiger partial charge in [-0.3, -0.25) is 4.90 Å². The Bertz CT molecular complexity index is 745. The average Bonchev–Trinajstić information content (AvgIpc) is 3.21. The summed E-state index contributed by atoms with van der Waals surface area (Å²) < 4.78 is 18.1. The van der Waals surface area contributed by atoms with E-state index in [1.165, 1.54) is 0 Å². The van der Waals surface area contributed by atoms with Gasteiger partial charge in [0.1, 0.15) is 17.5 Å². The Morgan fingerprint density at radius 1 is 1.07 bits per heavy atom. The molecule has 1 atom stereocenters. The fraction of sp³-hybridized carbons (Fsp3) is 0.632. The second-order valence-corrected chi connectivity index (χ2v) is 6.73.